The first-order valence-corrected chi connectivity index (χ1v) is 11.5. The molecule has 0 fully saturated rings. The van der Waals surface area contributed by atoms with Gasteiger partial charge in [-0.15, -0.1) is 0 Å². The number of unbranched alkanes of at least 4 members (excludes halogenated alkanes) is 1. The zero-order valence-corrected chi connectivity index (χ0v) is 19.4. The van der Waals surface area contributed by atoms with E-state index >= 15 is 0 Å². The third-order valence-corrected chi connectivity index (χ3v) is 6.03. The average Bonchev–Trinajstić information content (AvgIpc) is 2.92. The number of hydrogen-bond donors (Lipinski definition) is 1. The molecule has 0 bridgehead atoms. The van der Waals surface area contributed by atoms with E-state index in [0.717, 1.165) is 36.9 Å². The van der Waals surface area contributed by atoms with Crippen molar-refractivity contribution in [1.29, 1.82) is 0 Å². The van der Waals surface area contributed by atoms with Crippen LogP contribution in [-0.2, 0) is 6.42 Å². The first kappa shape index (κ1) is 23.1. The van der Waals surface area contributed by atoms with Gasteiger partial charge in [-0.05, 0) is 68.5 Å². The van der Waals surface area contributed by atoms with Gasteiger partial charge in [0.15, 0.2) is 5.78 Å². The van der Waals surface area contributed by atoms with E-state index in [0.29, 0.717) is 30.6 Å². The highest BCUT2D eigenvalue weighted by Gasteiger charge is 2.26. The molecule has 0 saturated carbocycles. The molecule has 166 valence electrons. The fourth-order valence-electron chi connectivity index (χ4n) is 3.97. The quantitative estimate of drug-likeness (QED) is 0.551. The monoisotopic (exact) mass is 420 g/mol. The fourth-order valence-corrected chi connectivity index (χ4v) is 3.97. The van der Waals surface area contributed by atoms with Crippen molar-refractivity contribution in [2.45, 2.75) is 59.4 Å². The van der Waals surface area contributed by atoms with E-state index in [9.17, 15) is 4.79 Å². The third-order valence-electron chi connectivity index (χ3n) is 6.03. The van der Waals surface area contributed by atoms with Crippen LogP contribution in [0.5, 0.6) is 5.75 Å². The Morgan fingerprint density at radius 3 is 2.81 bits per heavy atom. The van der Waals surface area contributed by atoms with Crippen LogP contribution in [0.15, 0.2) is 53.8 Å². The normalized spacial score (nSPS) is 18.3. The van der Waals surface area contributed by atoms with E-state index < -0.39 is 0 Å². The summed E-state index contributed by atoms with van der Waals surface area (Å²) < 4.78 is 6.16. The van der Waals surface area contributed by atoms with Gasteiger partial charge in [-0.1, -0.05) is 50.1 Å². The van der Waals surface area contributed by atoms with Crippen molar-refractivity contribution in [3.63, 3.8) is 0 Å². The number of ether oxygens (including phenoxy) is 1. The smallest absolute Gasteiger partial charge is 0.180 e. The maximum atomic E-state index is 13.2. The fraction of sp³-hybridized carbons (Fsp3) is 0.444. The standard InChI is InChI=1S/C27H36N2O2/c1-5-7-9-11-23-16-27-25(15-24(23)14-22-13-12-20(3)28-17-22)26(30)18-29(19-31-27)21(4)10-8-6-2/h5,7,9,11-13,15-16,21,28H,6,8,10,14,17-19H2,1-4H3/b7-5-,11-9-. The zero-order valence-electron chi connectivity index (χ0n) is 19.4. The molecular formula is C27H36N2O2. The van der Waals surface area contributed by atoms with Gasteiger partial charge in [0, 0.05) is 18.3 Å². The Balaban J connectivity index is 1.90. The molecule has 4 nitrogen and oxygen atoms in total. The minimum atomic E-state index is 0.146. The summed E-state index contributed by atoms with van der Waals surface area (Å²) in [7, 11) is 0. The second kappa shape index (κ2) is 11.1. The Labute approximate surface area is 187 Å². The number of benzene rings is 1. The second-order valence-corrected chi connectivity index (χ2v) is 8.57. The van der Waals surface area contributed by atoms with Gasteiger partial charge in [-0.2, -0.15) is 0 Å². The molecule has 0 spiro atoms. The molecule has 1 atom stereocenters. The molecule has 2 aliphatic heterocycles. The Bertz CT molecular complexity index is 908. The number of fused-ring (bicyclic) bond motifs is 1. The summed E-state index contributed by atoms with van der Waals surface area (Å²) in [5.41, 5.74) is 5.46. The number of carbonyl (C=O) groups excluding carboxylic acids is 1. The summed E-state index contributed by atoms with van der Waals surface area (Å²) in [4.78, 5) is 15.3. The van der Waals surface area contributed by atoms with Crippen LogP contribution >= 0.6 is 0 Å². The summed E-state index contributed by atoms with van der Waals surface area (Å²) in [6, 6.07) is 4.43. The molecule has 1 N–H and O–H groups in total. The Hall–Kier alpha value is -2.59. The van der Waals surface area contributed by atoms with Crippen molar-refractivity contribution < 1.29 is 9.53 Å². The summed E-state index contributed by atoms with van der Waals surface area (Å²) in [6.45, 7) is 10.2. The molecule has 1 unspecified atom stereocenters. The Morgan fingerprint density at radius 1 is 1.26 bits per heavy atom. The van der Waals surface area contributed by atoms with Gasteiger partial charge in [0.25, 0.3) is 0 Å². The number of rotatable bonds is 8. The molecule has 4 heteroatoms. The first-order valence-electron chi connectivity index (χ1n) is 11.5. The highest BCUT2D eigenvalue weighted by Crippen LogP contribution is 2.30. The number of carbonyl (C=O) groups is 1. The number of nitrogens with zero attached hydrogens (tertiary/aromatic N) is 1. The second-order valence-electron chi connectivity index (χ2n) is 8.57. The van der Waals surface area contributed by atoms with E-state index in [2.05, 4.69) is 55.3 Å². The van der Waals surface area contributed by atoms with Gasteiger partial charge in [0.2, 0.25) is 0 Å². The molecular weight excluding hydrogens is 384 g/mol. The molecule has 0 radical (unpaired) electrons. The number of Topliss-reactive ketones (excluding diaryl/α,β-unsaturated/α-hetero) is 1. The van der Waals surface area contributed by atoms with Crippen molar-refractivity contribution >= 4 is 11.9 Å². The van der Waals surface area contributed by atoms with Crippen LogP contribution in [0.4, 0.5) is 0 Å². The van der Waals surface area contributed by atoms with Crippen molar-refractivity contribution in [3.05, 3.63) is 70.5 Å². The lowest BCUT2D eigenvalue weighted by molar-refractivity contribution is 0.0750. The minimum absolute atomic E-state index is 0.146. The maximum absolute atomic E-state index is 13.2. The topological polar surface area (TPSA) is 41.6 Å². The van der Waals surface area contributed by atoms with Gasteiger partial charge in [-0.25, -0.2) is 0 Å². The van der Waals surface area contributed by atoms with E-state index in [1.807, 2.05) is 31.2 Å². The molecule has 0 aliphatic carbocycles. The van der Waals surface area contributed by atoms with Crippen LogP contribution in [0.25, 0.3) is 6.08 Å². The largest absolute Gasteiger partial charge is 0.477 e. The minimum Gasteiger partial charge on any atom is -0.477 e. The van der Waals surface area contributed by atoms with E-state index in [4.69, 9.17) is 4.74 Å². The van der Waals surface area contributed by atoms with Crippen molar-refractivity contribution in [3.8, 4) is 5.75 Å². The van der Waals surface area contributed by atoms with E-state index in [-0.39, 0.29) is 5.78 Å². The lowest BCUT2D eigenvalue weighted by Gasteiger charge is -2.26. The summed E-state index contributed by atoms with van der Waals surface area (Å²) >= 11 is 0. The molecule has 0 amide bonds. The highest BCUT2D eigenvalue weighted by molar-refractivity contribution is 6.01. The van der Waals surface area contributed by atoms with Crippen LogP contribution in [-0.4, -0.2) is 36.5 Å². The lowest BCUT2D eigenvalue weighted by Crippen LogP contribution is -2.38. The van der Waals surface area contributed by atoms with Crippen LogP contribution < -0.4 is 10.1 Å². The van der Waals surface area contributed by atoms with Crippen LogP contribution in [0.1, 0.15) is 68.4 Å². The Kier molecular flexibility index (Phi) is 8.30. The van der Waals surface area contributed by atoms with E-state index in [1.54, 1.807) is 0 Å². The zero-order chi connectivity index (χ0) is 22.2. The number of dihydropyridines is 1. The predicted octanol–water partition coefficient (Wildman–Crippen LogP) is 5.67. The first-order chi connectivity index (χ1) is 15.0. The van der Waals surface area contributed by atoms with E-state index in [1.165, 1.54) is 17.7 Å². The van der Waals surface area contributed by atoms with Crippen molar-refractivity contribution in [2.75, 3.05) is 19.8 Å². The average molecular weight is 421 g/mol. The Morgan fingerprint density at radius 2 is 2.10 bits per heavy atom. The van der Waals surface area contributed by atoms with Crippen LogP contribution in [0, 0.1) is 0 Å². The molecule has 1 aromatic carbocycles. The predicted molar refractivity (Wildman–Crippen MR) is 129 cm³/mol. The number of hydrogen-bond acceptors (Lipinski definition) is 4. The van der Waals surface area contributed by atoms with Gasteiger partial charge >= 0.3 is 0 Å². The molecule has 2 aliphatic rings. The molecule has 0 aromatic heterocycles. The summed E-state index contributed by atoms with van der Waals surface area (Å²) in [6.07, 6.45) is 16.7. The van der Waals surface area contributed by atoms with Crippen molar-refractivity contribution in [2.24, 2.45) is 0 Å². The van der Waals surface area contributed by atoms with Crippen molar-refractivity contribution in [1.82, 2.24) is 10.2 Å². The van der Waals surface area contributed by atoms with Gasteiger partial charge < -0.3 is 10.1 Å². The number of nitrogens with one attached hydrogen (secondary N) is 1. The maximum Gasteiger partial charge on any atom is 0.180 e. The summed E-state index contributed by atoms with van der Waals surface area (Å²) in [5.74, 6) is 0.845. The molecule has 0 saturated heterocycles. The highest BCUT2D eigenvalue weighted by atomic mass is 16.5. The lowest BCUT2D eigenvalue weighted by atomic mass is 9.94. The van der Waals surface area contributed by atoms with Gasteiger partial charge in [0.1, 0.15) is 12.5 Å². The number of ketones is 1. The summed E-state index contributed by atoms with van der Waals surface area (Å²) in [5, 5.41) is 3.41. The third kappa shape index (κ3) is 6.20. The van der Waals surface area contributed by atoms with Gasteiger partial charge in [0.05, 0.1) is 12.1 Å². The van der Waals surface area contributed by atoms with Crippen LogP contribution in [0.2, 0.25) is 0 Å². The van der Waals surface area contributed by atoms with Crippen LogP contribution in [0.3, 0.4) is 0 Å². The molecule has 31 heavy (non-hydrogen) atoms. The molecule has 3 rings (SSSR count). The molecule has 2 heterocycles. The molecule has 1 aromatic rings. The SMILES string of the molecule is C/C=C\C=C/c1cc2c(cc1CC1=CC=C(C)NC1)C(=O)CN(C(C)CCCC)CO2. The van der Waals surface area contributed by atoms with Gasteiger partial charge in [-0.3, -0.25) is 9.69 Å². The number of allylic oxidation sites excluding steroid dienone is 6.